The molecule has 1 aromatic carbocycles. The molecule has 0 radical (unpaired) electrons. The lowest BCUT2D eigenvalue weighted by atomic mass is 9.79. The van der Waals surface area contributed by atoms with Gasteiger partial charge < -0.3 is 19.5 Å². The molecular formula is C21H31BrN2O4. The Morgan fingerprint density at radius 3 is 2.61 bits per heavy atom. The van der Waals surface area contributed by atoms with Crippen molar-refractivity contribution < 1.29 is 19.0 Å². The predicted molar refractivity (Wildman–Crippen MR) is 112 cm³/mol. The van der Waals surface area contributed by atoms with E-state index in [0.29, 0.717) is 30.2 Å². The number of nitrogens with zero attached hydrogens (tertiary/aromatic N) is 1. The highest BCUT2D eigenvalue weighted by molar-refractivity contribution is 9.10. The SMILES string of the molecule is CCOc1c(Br)cc(C(=O)NCC2(N3CCOCC3)CCCCC2)cc1OC. The largest absolute Gasteiger partial charge is 0.493 e. The molecule has 1 heterocycles. The second kappa shape index (κ2) is 9.94. The van der Waals surface area contributed by atoms with Crippen LogP contribution in [0.5, 0.6) is 11.5 Å². The van der Waals surface area contributed by atoms with Gasteiger partial charge in [-0.15, -0.1) is 0 Å². The molecule has 1 aliphatic carbocycles. The van der Waals surface area contributed by atoms with Crippen LogP contribution < -0.4 is 14.8 Å². The Kier molecular flexibility index (Phi) is 7.60. The Labute approximate surface area is 176 Å². The summed E-state index contributed by atoms with van der Waals surface area (Å²) in [5, 5.41) is 3.20. The molecule has 6 nitrogen and oxygen atoms in total. The van der Waals surface area contributed by atoms with E-state index in [0.717, 1.165) is 43.6 Å². The maximum Gasteiger partial charge on any atom is 0.251 e. The van der Waals surface area contributed by atoms with Crippen LogP contribution in [-0.2, 0) is 4.74 Å². The van der Waals surface area contributed by atoms with Gasteiger partial charge in [0.1, 0.15) is 0 Å². The zero-order valence-electron chi connectivity index (χ0n) is 16.9. The molecule has 1 amide bonds. The summed E-state index contributed by atoms with van der Waals surface area (Å²) < 4.78 is 17.3. The fraction of sp³-hybridized carbons (Fsp3) is 0.667. The van der Waals surface area contributed by atoms with Crippen LogP contribution in [0.15, 0.2) is 16.6 Å². The molecule has 0 aromatic heterocycles. The Morgan fingerprint density at radius 1 is 1.25 bits per heavy atom. The van der Waals surface area contributed by atoms with E-state index < -0.39 is 0 Å². The summed E-state index contributed by atoms with van der Waals surface area (Å²) in [5.74, 6) is 1.10. The predicted octanol–water partition coefficient (Wildman–Crippen LogP) is 3.62. The first-order valence-electron chi connectivity index (χ1n) is 10.2. The third kappa shape index (κ3) is 4.81. The highest BCUT2D eigenvalue weighted by atomic mass is 79.9. The molecule has 1 saturated carbocycles. The third-order valence-electron chi connectivity index (χ3n) is 5.82. The van der Waals surface area contributed by atoms with Crippen LogP contribution in [0.3, 0.4) is 0 Å². The summed E-state index contributed by atoms with van der Waals surface area (Å²) in [6.07, 6.45) is 5.97. The van der Waals surface area contributed by atoms with Crippen LogP contribution in [-0.4, -0.2) is 62.9 Å². The number of rotatable bonds is 7. The number of nitrogens with one attached hydrogen (secondary N) is 1. The Hall–Kier alpha value is -1.31. The van der Waals surface area contributed by atoms with Crippen LogP contribution in [0, 0.1) is 0 Å². The third-order valence-corrected chi connectivity index (χ3v) is 6.41. The normalized spacial score (nSPS) is 19.8. The van der Waals surface area contributed by atoms with Gasteiger partial charge in [0.15, 0.2) is 11.5 Å². The van der Waals surface area contributed by atoms with Gasteiger partial charge in [0.25, 0.3) is 5.91 Å². The molecule has 2 fully saturated rings. The zero-order chi connectivity index (χ0) is 20.0. The van der Waals surface area contributed by atoms with Crippen molar-refractivity contribution in [2.75, 3.05) is 46.6 Å². The fourth-order valence-electron chi connectivity index (χ4n) is 4.33. The van der Waals surface area contributed by atoms with Gasteiger partial charge in [-0.3, -0.25) is 9.69 Å². The molecule has 1 aliphatic heterocycles. The maximum absolute atomic E-state index is 12.9. The standard InChI is InChI=1S/C21H31BrN2O4/c1-3-28-19-17(22)13-16(14-18(19)26-2)20(25)23-15-21(7-5-4-6-8-21)24-9-11-27-12-10-24/h13-14H,3-12,15H2,1-2H3,(H,23,25). The number of carbonyl (C=O) groups is 1. The lowest BCUT2D eigenvalue weighted by molar-refractivity contribution is -0.0361. The molecule has 1 saturated heterocycles. The number of halogens is 1. The number of morpholine rings is 1. The first kappa shape index (κ1) is 21.4. The van der Waals surface area contributed by atoms with E-state index in [4.69, 9.17) is 14.2 Å². The zero-order valence-corrected chi connectivity index (χ0v) is 18.5. The van der Waals surface area contributed by atoms with Crippen LogP contribution in [0.4, 0.5) is 0 Å². The summed E-state index contributed by atoms with van der Waals surface area (Å²) in [6, 6.07) is 3.54. The second-order valence-corrected chi connectivity index (χ2v) is 8.34. The molecule has 1 aromatic rings. The highest BCUT2D eigenvalue weighted by Crippen LogP contribution is 2.37. The van der Waals surface area contributed by atoms with E-state index in [1.54, 1.807) is 19.2 Å². The van der Waals surface area contributed by atoms with Gasteiger partial charge in [0.2, 0.25) is 0 Å². The fourth-order valence-corrected chi connectivity index (χ4v) is 4.89. The molecule has 2 aliphatic rings. The number of carbonyl (C=O) groups excluding carboxylic acids is 1. The number of ether oxygens (including phenoxy) is 3. The van der Waals surface area contributed by atoms with Gasteiger partial charge in [0.05, 0.1) is 31.4 Å². The first-order valence-corrected chi connectivity index (χ1v) is 11.0. The maximum atomic E-state index is 12.9. The van der Waals surface area contributed by atoms with Crippen molar-refractivity contribution in [2.45, 2.75) is 44.6 Å². The van der Waals surface area contributed by atoms with Crippen LogP contribution in [0.1, 0.15) is 49.4 Å². The molecule has 7 heteroatoms. The molecule has 3 rings (SSSR count). The molecule has 156 valence electrons. The number of amides is 1. The van der Waals surface area contributed by atoms with E-state index in [-0.39, 0.29) is 11.4 Å². The van der Waals surface area contributed by atoms with Gasteiger partial charge in [-0.25, -0.2) is 0 Å². The van der Waals surface area contributed by atoms with E-state index >= 15 is 0 Å². The molecule has 28 heavy (non-hydrogen) atoms. The van der Waals surface area contributed by atoms with Crippen molar-refractivity contribution in [3.63, 3.8) is 0 Å². The van der Waals surface area contributed by atoms with Crippen LogP contribution >= 0.6 is 15.9 Å². The minimum Gasteiger partial charge on any atom is -0.493 e. The molecule has 0 unspecified atom stereocenters. The highest BCUT2D eigenvalue weighted by Gasteiger charge is 2.38. The molecule has 1 N–H and O–H groups in total. The minimum absolute atomic E-state index is 0.0459. The van der Waals surface area contributed by atoms with Gasteiger partial charge in [0, 0.05) is 30.7 Å². The number of benzene rings is 1. The second-order valence-electron chi connectivity index (χ2n) is 7.49. The summed E-state index contributed by atoms with van der Waals surface area (Å²) in [6.45, 7) is 6.55. The van der Waals surface area contributed by atoms with Crippen LogP contribution in [0.25, 0.3) is 0 Å². The summed E-state index contributed by atoms with van der Waals surface area (Å²) >= 11 is 3.50. The molecule has 0 bridgehead atoms. The van der Waals surface area contributed by atoms with Crippen molar-refractivity contribution in [3.8, 4) is 11.5 Å². The lowest BCUT2D eigenvalue weighted by Gasteiger charge is -2.48. The van der Waals surface area contributed by atoms with Crippen molar-refractivity contribution in [1.82, 2.24) is 10.2 Å². The summed E-state index contributed by atoms with van der Waals surface area (Å²) in [5.41, 5.74) is 0.615. The van der Waals surface area contributed by atoms with Crippen molar-refractivity contribution in [1.29, 1.82) is 0 Å². The molecule has 0 atom stereocenters. The molecular weight excluding hydrogens is 424 g/mol. The monoisotopic (exact) mass is 454 g/mol. The topological polar surface area (TPSA) is 60.0 Å². The lowest BCUT2D eigenvalue weighted by Crippen LogP contribution is -2.59. The summed E-state index contributed by atoms with van der Waals surface area (Å²) in [4.78, 5) is 15.5. The minimum atomic E-state index is -0.0831. The number of methoxy groups -OCH3 is 1. The Balaban J connectivity index is 1.73. The van der Waals surface area contributed by atoms with Gasteiger partial charge in [-0.2, -0.15) is 0 Å². The Morgan fingerprint density at radius 2 is 1.96 bits per heavy atom. The van der Waals surface area contributed by atoms with Crippen molar-refractivity contribution in [2.24, 2.45) is 0 Å². The van der Waals surface area contributed by atoms with E-state index in [1.807, 2.05) is 6.92 Å². The Bertz CT molecular complexity index is 671. The number of hydrogen-bond donors (Lipinski definition) is 1. The summed E-state index contributed by atoms with van der Waals surface area (Å²) in [7, 11) is 1.58. The average Bonchev–Trinajstić information content (AvgIpc) is 2.74. The van der Waals surface area contributed by atoms with Gasteiger partial charge in [-0.05, 0) is 47.8 Å². The van der Waals surface area contributed by atoms with Crippen LogP contribution in [0.2, 0.25) is 0 Å². The van der Waals surface area contributed by atoms with Crippen molar-refractivity contribution in [3.05, 3.63) is 22.2 Å². The smallest absolute Gasteiger partial charge is 0.251 e. The van der Waals surface area contributed by atoms with Crippen molar-refractivity contribution >= 4 is 21.8 Å². The average molecular weight is 455 g/mol. The van der Waals surface area contributed by atoms with Gasteiger partial charge in [-0.1, -0.05) is 19.3 Å². The van der Waals surface area contributed by atoms with E-state index in [1.165, 1.54) is 19.3 Å². The number of hydrogen-bond acceptors (Lipinski definition) is 5. The van der Waals surface area contributed by atoms with E-state index in [2.05, 4.69) is 26.1 Å². The van der Waals surface area contributed by atoms with Gasteiger partial charge >= 0.3 is 0 Å². The van der Waals surface area contributed by atoms with E-state index in [9.17, 15) is 4.79 Å². The first-order chi connectivity index (χ1) is 13.6. The molecule has 0 spiro atoms. The quantitative estimate of drug-likeness (QED) is 0.681.